The van der Waals surface area contributed by atoms with Crippen molar-refractivity contribution < 1.29 is 14.3 Å². The number of carbonyl (C=O) groups is 2. The Morgan fingerprint density at radius 2 is 1.90 bits per heavy atom. The Kier molecular flexibility index (Phi) is 4.50. The van der Waals surface area contributed by atoms with E-state index in [1.807, 2.05) is 18.2 Å². The normalized spacial score (nSPS) is 11.4. The third kappa shape index (κ3) is 3.68. The molecule has 0 aliphatic carbocycles. The molecule has 1 N–H and O–H groups in total. The molecule has 102 valence electrons. The fourth-order valence-corrected chi connectivity index (χ4v) is 1.68. The van der Waals surface area contributed by atoms with Crippen LogP contribution in [0.1, 0.15) is 17.3 Å². The Balaban J connectivity index is 1.98. The molecular formula is C16H15NO3. The third-order valence-electron chi connectivity index (χ3n) is 2.72. The average molecular weight is 269 g/mol. The van der Waals surface area contributed by atoms with Crippen LogP contribution in [-0.2, 0) is 4.79 Å². The van der Waals surface area contributed by atoms with Crippen molar-refractivity contribution in [1.29, 1.82) is 0 Å². The van der Waals surface area contributed by atoms with Gasteiger partial charge in [-0.3, -0.25) is 9.59 Å². The number of amides is 1. The maximum atomic E-state index is 12.0. The van der Waals surface area contributed by atoms with Gasteiger partial charge < -0.3 is 10.1 Å². The fourth-order valence-electron chi connectivity index (χ4n) is 1.68. The van der Waals surface area contributed by atoms with Gasteiger partial charge in [-0.15, -0.1) is 0 Å². The van der Waals surface area contributed by atoms with Gasteiger partial charge in [-0.25, -0.2) is 0 Å². The summed E-state index contributed by atoms with van der Waals surface area (Å²) in [5.41, 5.74) is 1.23. The van der Waals surface area contributed by atoms with Gasteiger partial charge in [-0.2, -0.15) is 0 Å². The lowest BCUT2D eigenvalue weighted by Crippen LogP contribution is -2.30. The quantitative estimate of drug-likeness (QED) is 0.849. The number of benzene rings is 2. The molecule has 0 fully saturated rings. The highest BCUT2D eigenvalue weighted by atomic mass is 16.5. The van der Waals surface area contributed by atoms with Crippen LogP contribution in [0.4, 0.5) is 5.69 Å². The van der Waals surface area contributed by atoms with E-state index in [0.29, 0.717) is 11.3 Å². The van der Waals surface area contributed by atoms with E-state index in [2.05, 4.69) is 5.32 Å². The van der Waals surface area contributed by atoms with Crippen LogP contribution >= 0.6 is 0 Å². The molecule has 0 spiro atoms. The number of hydrogen-bond acceptors (Lipinski definition) is 3. The predicted molar refractivity (Wildman–Crippen MR) is 77.0 cm³/mol. The number of ether oxygens (including phenoxy) is 1. The molecule has 2 aromatic carbocycles. The maximum Gasteiger partial charge on any atom is 0.265 e. The lowest BCUT2D eigenvalue weighted by molar-refractivity contribution is -0.122. The Morgan fingerprint density at radius 1 is 1.15 bits per heavy atom. The molecule has 0 aromatic heterocycles. The topological polar surface area (TPSA) is 55.4 Å². The van der Waals surface area contributed by atoms with Crippen LogP contribution in [0.3, 0.4) is 0 Å². The maximum absolute atomic E-state index is 12.0. The van der Waals surface area contributed by atoms with Crippen molar-refractivity contribution in [3.05, 3.63) is 60.2 Å². The Bertz CT molecular complexity index is 596. The van der Waals surface area contributed by atoms with E-state index >= 15 is 0 Å². The molecule has 0 saturated heterocycles. The van der Waals surface area contributed by atoms with Crippen LogP contribution in [0.15, 0.2) is 54.6 Å². The zero-order valence-corrected chi connectivity index (χ0v) is 11.1. The number of nitrogens with one attached hydrogen (secondary N) is 1. The highest BCUT2D eigenvalue weighted by Crippen LogP contribution is 2.15. The van der Waals surface area contributed by atoms with E-state index in [-0.39, 0.29) is 5.91 Å². The van der Waals surface area contributed by atoms with Gasteiger partial charge in [0, 0.05) is 11.3 Å². The zero-order valence-electron chi connectivity index (χ0n) is 11.1. The summed E-state index contributed by atoms with van der Waals surface area (Å²) in [4.78, 5) is 22.7. The van der Waals surface area contributed by atoms with Gasteiger partial charge in [0.2, 0.25) is 0 Å². The third-order valence-corrected chi connectivity index (χ3v) is 2.72. The number of para-hydroxylation sites is 1. The molecule has 1 atom stereocenters. The molecule has 0 saturated carbocycles. The molecule has 4 nitrogen and oxygen atoms in total. The standard InChI is InChI=1S/C16H15NO3/c1-12(16(19)17-14-7-3-2-4-8-14)20-15-9-5-6-13(10-15)11-18/h2-12H,1H3,(H,17,19). The van der Waals surface area contributed by atoms with Crippen molar-refractivity contribution in [1.82, 2.24) is 0 Å². The van der Waals surface area contributed by atoms with E-state index in [1.165, 1.54) is 0 Å². The fraction of sp³-hybridized carbons (Fsp3) is 0.125. The molecule has 0 aliphatic heterocycles. The molecule has 0 aliphatic rings. The predicted octanol–water partition coefficient (Wildman–Crippen LogP) is 2.91. The minimum absolute atomic E-state index is 0.243. The smallest absolute Gasteiger partial charge is 0.265 e. The second kappa shape index (κ2) is 6.52. The van der Waals surface area contributed by atoms with Gasteiger partial charge >= 0.3 is 0 Å². The summed E-state index contributed by atoms with van der Waals surface area (Å²) in [7, 11) is 0. The van der Waals surface area contributed by atoms with Crippen LogP contribution in [0, 0.1) is 0 Å². The molecule has 2 aromatic rings. The molecule has 2 rings (SSSR count). The number of aldehydes is 1. The average Bonchev–Trinajstić information content (AvgIpc) is 2.48. The van der Waals surface area contributed by atoms with Gasteiger partial charge in [-0.1, -0.05) is 30.3 Å². The monoisotopic (exact) mass is 269 g/mol. The summed E-state index contributed by atoms with van der Waals surface area (Å²) in [6.07, 6.45) is 0.0822. The van der Waals surface area contributed by atoms with E-state index in [1.54, 1.807) is 43.3 Å². The molecule has 1 amide bonds. The summed E-state index contributed by atoms with van der Waals surface area (Å²) in [5.74, 6) is 0.248. The van der Waals surface area contributed by atoms with Crippen LogP contribution in [-0.4, -0.2) is 18.3 Å². The Labute approximate surface area is 117 Å². The van der Waals surface area contributed by atoms with E-state index in [4.69, 9.17) is 4.74 Å². The van der Waals surface area contributed by atoms with Gasteiger partial charge in [-0.05, 0) is 31.2 Å². The number of carbonyl (C=O) groups excluding carboxylic acids is 2. The molecule has 0 bridgehead atoms. The largest absolute Gasteiger partial charge is 0.481 e. The highest BCUT2D eigenvalue weighted by Gasteiger charge is 2.14. The summed E-state index contributed by atoms with van der Waals surface area (Å²) in [6, 6.07) is 15.9. The van der Waals surface area contributed by atoms with Gasteiger partial charge in [0.15, 0.2) is 6.10 Å². The summed E-state index contributed by atoms with van der Waals surface area (Å²) >= 11 is 0. The first kappa shape index (κ1) is 13.8. The minimum Gasteiger partial charge on any atom is -0.481 e. The first-order valence-electron chi connectivity index (χ1n) is 6.27. The van der Waals surface area contributed by atoms with Crippen molar-refractivity contribution in [2.75, 3.05) is 5.32 Å². The minimum atomic E-state index is -0.655. The van der Waals surface area contributed by atoms with Crippen molar-refractivity contribution >= 4 is 17.9 Å². The lowest BCUT2D eigenvalue weighted by Gasteiger charge is -2.14. The molecule has 4 heteroatoms. The first-order valence-corrected chi connectivity index (χ1v) is 6.27. The molecular weight excluding hydrogens is 254 g/mol. The van der Waals surface area contributed by atoms with Crippen molar-refractivity contribution in [3.8, 4) is 5.75 Å². The number of anilines is 1. The van der Waals surface area contributed by atoms with E-state index in [9.17, 15) is 9.59 Å². The molecule has 1 unspecified atom stereocenters. The Morgan fingerprint density at radius 3 is 2.60 bits per heavy atom. The molecule has 0 heterocycles. The van der Waals surface area contributed by atoms with Crippen LogP contribution in [0.5, 0.6) is 5.75 Å². The summed E-state index contributed by atoms with van der Waals surface area (Å²) < 4.78 is 5.52. The number of hydrogen-bond donors (Lipinski definition) is 1. The lowest BCUT2D eigenvalue weighted by atomic mass is 10.2. The molecule has 0 radical (unpaired) electrons. The van der Waals surface area contributed by atoms with Crippen molar-refractivity contribution in [3.63, 3.8) is 0 Å². The SMILES string of the molecule is CC(Oc1cccc(C=O)c1)C(=O)Nc1ccccc1. The second-order valence-electron chi connectivity index (χ2n) is 4.31. The van der Waals surface area contributed by atoms with Crippen molar-refractivity contribution in [2.45, 2.75) is 13.0 Å². The van der Waals surface area contributed by atoms with Gasteiger partial charge in [0.1, 0.15) is 12.0 Å². The summed E-state index contributed by atoms with van der Waals surface area (Å²) in [5, 5.41) is 2.76. The Hall–Kier alpha value is -2.62. The van der Waals surface area contributed by atoms with Crippen LogP contribution < -0.4 is 10.1 Å². The van der Waals surface area contributed by atoms with Gasteiger partial charge in [0.05, 0.1) is 0 Å². The molecule has 20 heavy (non-hydrogen) atoms. The highest BCUT2D eigenvalue weighted by molar-refractivity contribution is 5.94. The van der Waals surface area contributed by atoms with Crippen molar-refractivity contribution in [2.24, 2.45) is 0 Å². The van der Waals surface area contributed by atoms with E-state index in [0.717, 1.165) is 12.0 Å². The van der Waals surface area contributed by atoms with Crippen LogP contribution in [0.25, 0.3) is 0 Å². The van der Waals surface area contributed by atoms with E-state index < -0.39 is 6.10 Å². The first-order chi connectivity index (χ1) is 9.69. The van der Waals surface area contributed by atoms with Gasteiger partial charge in [0.25, 0.3) is 5.91 Å². The number of rotatable bonds is 5. The summed E-state index contributed by atoms with van der Waals surface area (Å²) in [6.45, 7) is 1.66. The van der Waals surface area contributed by atoms with Crippen LogP contribution in [0.2, 0.25) is 0 Å². The second-order valence-corrected chi connectivity index (χ2v) is 4.31. The zero-order chi connectivity index (χ0) is 14.4.